The normalized spacial score (nSPS) is 23.5. The molecule has 1 aliphatic rings. The van der Waals surface area contributed by atoms with Crippen molar-refractivity contribution >= 4 is 23.8 Å². The van der Waals surface area contributed by atoms with Crippen molar-refractivity contribution < 1.29 is 29.0 Å². The topological polar surface area (TPSA) is 89.9 Å². The molecule has 0 spiro atoms. The van der Waals surface area contributed by atoms with Gasteiger partial charge in [0.15, 0.2) is 5.78 Å². The Morgan fingerprint density at radius 1 is 0.838 bits per heavy atom. The molecule has 0 aromatic heterocycles. The largest absolute Gasteiger partial charge is 0.461 e. The number of rotatable bonds is 8. The molecular formula is C31H30O6. The van der Waals surface area contributed by atoms with Gasteiger partial charge in [-0.05, 0) is 23.6 Å². The van der Waals surface area contributed by atoms with Crippen LogP contribution in [0, 0.1) is 17.8 Å². The van der Waals surface area contributed by atoms with Crippen LogP contribution in [0.5, 0.6) is 0 Å². The molecule has 0 bridgehead atoms. The second-order valence-electron chi connectivity index (χ2n) is 9.49. The highest BCUT2D eigenvalue weighted by atomic mass is 16.5. The Labute approximate surface area is 216 Å². The monoisotopic (exact) mass is 498 g/mol. The average Bonchev–Trinajstić information content (AvgIpc) is 2.90. The number of esters is 2. The van der Waals surface area contributed by atoms with Gasteiger partial charge in [0.2, 0.25) is 0 Å². The summed E-state index contributed by atoms with van der Waals surface area (Å²) in [6.45, 7) is 1.45. The van der Waals surface area contributed by atoms with Crippen molar-refractivity contribution in [3.8, 4) is 0 Å². The van der Waals surface area contributed by atoms with Crippen LogP contribution in [0.4, 0.5) is 0 Å². The maximum Gasteiger partial charge on any atom is 0.317 e. The van der Waals surface area contributed by atoms with E-state index >= 15 is 0 Å². The Bertz CT molecular complexity index is 1230. The number of Topliss-reactive ketones (excluding diaryl/α,β-unsaturated/α-hetero) is 1. The van der Waals surface area contributed by atoms with Gasteiger partial charge in [0, 0.05) is 12.3 Å². The molecule has 0 radical (unpaired) electrons. The van der Waals surface area contributed by atoms with Crippen LogP contribution in [-0.4, -0.2) is 28.4 Å². The minimum absolute atomic E-state index is 0.00190. The SMILES string of the molecule is C[C@]1(O)CC(=O)[C@H](C(=O)OCc2ccccc2)[C@@H](/C=C/c2ccccc2)[C@H]1C(=O)OCc1ccccc1. The van der Waals surface area contributed by atoms with E-state index in [9.17, 15) is 19.5 Å². The first-order chi connectivity index (χ1) is 17.8. The van der Waals surface area contributed by atoms with Gasteiger partial charge >= 0.3 is 11.9 Å². The van der Waals surface area contributed by atoms with Crippen molar-refractivity contribution in [1.82, 2.24) is 0 Å². The molecule has 6 heteroatoms. The molecule has 3 aromatic rings. The number of ether oxygens (including phenoxy) is 2. The minimum Gasteiger partial charge on any atom is -0.461 e. The van der Waals surface area contributed by atoms with E-state index in [0.29, 0.717) is 0 Å². The molecular weight excluding hydrogens is 468 g/mol. The number of hydrogen-bond acceptors (Lipinski definition) is 6. The number of carbonyl (C=O) groups is 3. The molecule has 190 valence electrons. The molecule has 1 saturated carbocycles. The van der Waals surface area contributed by atoms with Crippen LogP contribution in [0.25, 0.3) is 6.08 Å². The second kappa shape index (κ2) is 11.8. The number of benzene rings is 3. The number of carbonyl (C=O) groups excluding carboxylic acids is 3. The molecule has 4 rings (SSSR count). The van der Waals surface area contributed by atoms with Crippen LogP contribution in [0.3, 0.4) is 0 Å². The summed E-state index contributed by atoms with van der Waals surface area (Å²) in [6.07, 6.45) is 3.02. The van der Waals surface area contributed by atoms with Crippen LogP contribution >= 0.6 is 0 Å². The zero-order valence-electron chi connectivity index (χ0n) is 20.7. The highest BCUT2D eigenvalue weighted by Gasteiger charge is 2.55. The maximum atomic E-state index is 13.4. The van der Waals surface area contributed by atoms with E-state index in [-0.39, 0.29) is 19.6 Å². The van der Waals surface area contributed by atoms with E-state index < -0.39 is 41.1 Å². The summed E-state index contributed by atoms with van der Waals surface area (Å²) >= 11 is 0. The Morgan fingerprint density at radius 2 is 1.32 bits per heavy atom. The van der Waals surface area contributed by atoms with Crippen LogP contribution in [-0.2, 0) is 37.1 Å². The van der Waals surface area contributed by atoms with Crippen molar-refractivity contribution in [1.29, 1.82) is 0 Å². The summed E-state index contributed by atoms with van der Waals surface area (Å²) in [5.41, 5.74) is 0.694. The van der Waals surface area contributed by atoms with Crippen LogP contribution in [0.1, 0.15) is 30.0 Å². The Morgan fingerprint density at radius 3 is 1.86 bits per heavy atom. The highest BCUT2D eigenvalue weighted by Crippen LogP contribution is 2.42. The van der Waals surface area contributed by atoms with E-state index in [1.54, 1.807) is 12.2 Å². The first-order valence-corrected chi connectivity index (χ1v) is 12.2. The number of hydrogen-bond donors (Lipinski definition) is 1. The lowest BCUT2D eigenvalue weighted by Gasteiger charge is -2.42. The Kier molecular flexibility index (Phi) is 8.31. The summed E-state index contributed by atoms with van der Waals surface area (Å²) in [5.74, 6) is -5.24. The van der Waals surface area contributed by atoms with Gasteiger partial charge in [0.1, 0.15) is 19.1 Å². The minimum atomic E-state index is -1.70. The summed E-state index contributed by atoms with van der Waals surface area (Å²) in [4.78, 5) is 39.8. The first-order valence-electron chi connectivity index (χ1n) is 12.2. The van der Waals surface area contributed by atoms with Crippen molar-refractivity contribution in [2.24, 2.45) is 17.8 Å². The summed E-state index contributed by atoms with van der Waals surface area (Å²) in [7, 11) is 0. The third-order valence-corrected chi connectivity index (χ3v) is 6.58. The molecule has 0 saturated heterocycles. The summed E-state index contributed by atoms with van der Waals surface area (Å²) in [5, 5.41) is 11.2. The third kappa shape index (κ3) is 6.60. The lowest BCUT2D eigenvalue weighted by molar-refractivity contribution is -0.176. The predicted octanol–water partition coefficient (Wildman–Crippen LogP) is 4.76. The van der Waals surface area contributed by atoms with Gasteiger partial charge in [0.05, 0.1) is 11.5 Å². The summed E-state index contributed by atoms with van der Waals surface area (Å²) in [6, 6.07) is 27.7. The standard InChI is InChI=1S/C31H30O6/c1-31(35)19-26(32)27(29(33)36-20-23-13-7-3-8-14-23)25(18-17-22-11-5-2-6-12-22)28(31)30(34)37-21-24-15-9-4-10-16-24/h2-18,25,27-28,35H,19-21H2,1H3/b18-17+/t25-,27-,28+,31+/m1/s1. The van der Waals surface area contributed by atoms with Crippen LogP contribution in [0.2, 0.25) is 0 Å². The van der Waals surface area contributed by atoms with Crippen LogP contribution in [0.15, 0.2) is 97.1 Å². The van der Waals surface area contributed by atoms with Gasteiger partial charge in [-0.25, -0.2) is 0 Å². The molecule has 0 aliphatic heterocycles. The molecule has 1 fully saturated rings. The highest BCUT2D eigenvalue weighted by molar-refractivity contribution is 6.02. The van der Waals surface area contributed by atoms with Gasteiger partial charge < -0.3 is 14.6 Å². The molecule has 4 atom stereocenters. The Balaban J connectivity index is 1.62. The first kappa shape index (κ1) is 26.0. The van der Waals surface area contributed by atoms with E-state index in [4.69, 9.17) is 9.47 Å². The third-order valence-electron chi connectivity index (χ3n) is 6.58. The van der Waals surface area contributed by atoms with Crippen molar-refractivity contribution in [2.75, 3.05) is 0 Å². The van der Waals surface area contributed by atoms with Gasteiger partial charge in [-0.1, -0.05) is 103 Å². The van der Waals surface area contributed by atoms with E-state index in [0.717, 1.165) is 16.7 Å². The van der Waals surface area contributed by atoms with E-state index in [1.807, 2.05) is 91.0 Å². The molecule has 1 aliphatic carbocycles. The fraction of sp³-hybridized carbons (Fsp3) is 0.258. The number of aliphatic hydroxyl groups is 1. The quantitative estimate of drug-likeness (QED) is 0.356. The maximum absolute atomic E-state index is 13.4. The van der Waals surface area contributed by atoms with Crippen molar-refractivity contribution in [3.63, 3.8) is 0 Å². The predicted molar refractivity (Wildman–Crippen MR) is 139 cm³/mol. The van der Waals surface area contributed by atoms with Gasteiger partial charge in [-0.2, -0.15) is 0 Å². The smallest absolute Gasteiger partial charge is 0.317 e. The number of allylic oxidation sites excluding steroid dienone is 1. The molecule has 6 nitrogen and oxygen atoms in total. The fourth-order valence-corrected chi connectivity index (χ4v) is 4.74. The lowest BCUT2D eigenvalue weighted by Crippen LogP contribution is -2.55. The van der Waals surface area contributed by atoms with Crippen LogP contribution < -0.4 is 0 Å². The molecule has 3 aromatic carbocycles. The van der Waals surface area contributed by atoms with Crippen molar-refractivity contribution in [2.45, 2.75) is 32.2 Å². The fourth-order valence-electron chi connectivity index (χ4n) is 4.74. The Hall–Kier alpha value is -4.03. The molecule has 0 amide bonds. The number of ketones is 1. The summed E-state index contributed by atoms with van der Waals surface area (Å²) < 4.78 is 11.1. The molecule has 0 unspecified atom stereocenters. The van der Waals surface area contributed by atoms with Crippen molar-refractivity contribution in [3.05, 3.63) is 114 Å². The van der Waals surface area contributed by atoms with Gasteiger partial charge in [-0.3, -0.25) is 14.4 Å². The van der Waals surface area contributed by atoms with E-state index in [2.05, 4.69) is 0 Å². The zero-order valence-corrected chi connectivity index (χ0v) is 20.7. The lowest BCUT2D eigenvalue weighted by atomic mass is 9.63. The molecule has 1 N–H and O–H groups in total. The molecule has 0 heterocycles. The van der Waals surface area contributed by atoms with E-state index in [1.165, 1.54) is 6.92 Å². The van der Waals surface area contributed by atoms with Gasteiger partial charge in [0.25, 0.3) is 0 Å². The zero-order chi connectivity index (χ0) is 26.3. The second-order valence-corrected chi connectivity index (χ2v) is 9.49. The molecule has 37 heavy (non-hydrogen) atoms. The van der Waals surface area contributed by atoms with Gasteiger partial charge in [-0.15, -0.1) is 0 Å². The average molecular weight is 499 g/mol.